The number of hydrogen-bond acceptors (Lipinski definition) is 11. The molecule has 0 saturated heterocycles. The summed E-state index contributed by atoms with van der Waals surface area (Å²) in [5.74, 6) is -0.492. The van der Waals surface area contributed by atoms with Crippen molar-refractivity contribution in [3.05, 3.63) is 72.9 Å². The first-order chi connectivity index (χ1) is 34.0. The third-order valence-corrected chi connectivity index (χ3v) is 13.5. The monoisotopic (exact) mass is 1010 g/mol. The molecule has 6 unspecified atom stereocenters. The van der Waals surface area contributed by atoms with Crippen LogP contribution in [-0.2, 0) is 27.9 Å². The predicted molar refractivity (Wildman–Crippen MR) is 285 cm³/mol. The van der Waals surface area contributed by atoms with Crippen LogP contribution in [-0.4, -0.2) is 98.9 Å². The molecule has 0 radical (unpaired) electrons. The number of aliphatic hydroxyl groups excluding tert-OH is 5. The van der Waals surface area contributed by atoms with E-state index in [1.54, 1.807) is 0 Å². The smallest absolute Gasteiger partial charge is 0.457 e. The average molecular weight is 1010 g/mol. The fourth-order valence-corrected chi connectivity index (χ4v) is 9.17. The van der Waals surface area contributed by atoms with E-state index in [1.165, 1.54) is 103 Å². The molecule has 0 aromatic rings. The van der Waals surface area contributed by atoms with Gasteiger partial charge in [0.05, 0.1) is 13.2 Å². The molecule has 0 heterocycles. The van der Waals surface area contributed by atoms with Gasteiger partial charge in [-0.05, 0) is 83.5 Å². The van der Waals surface area contributed by atoms with Crippen molar-refractivity contribution in [3.8, 4) is 0 Å². The zero-order valence-corrected chi connectivity index (χ0v) is 44.7. The number of phosphoric ester groups is 1. The molecule has 0 amide bonds. The first-order valence-electron chi connectivity index (χ1n) is 27.8. The molecule has 0 aromatic heterocycles. The van der Waals surface area contributed by atoms with E-state index >= 15 is 0 Å². The summed E-state index contributed by atoms with van der Waals surface area (Å²) < 4.78 is 34.4. The first-order valence-corrected chi connectivity index (χ1v) is 29.3. The normalized spacial score (nSPS) is 21.4. The van der Waals surface area contributed by atoms with Crippen molar-refractivity contribution in [1.82, 2.24) is 0 Å². The summed E-state index contributed by atoms with van der Waals surface area (Å²) in [4.78, 5) is 23.3. The first kappa shape index (κ1) is 65.8. The molecule has 0 aliphatic heterocycles. The van der Waals surface area contributed by atoms with Gasteiger partial charge in [-0.25, -0.2) is 4.57 Å². The quantitative estimate of drug-likeness (QED) is 0.0147. The molecule has 12 nitrogen and oxygen atoms in total. The largest absolute Gasteiger partial charge is 0.472 e. The summed E-state index contributed by atoms with van der Waals surface area (Å²) in [5.41, 5.74) is 0. The molecule has 1 fully saturated rings. The van der Waals surface area contributed by atoms with Crippen LogP contribution in [0.15, 0.2) is 72.9 Å². The lowest BCUT2D eigenvalue weighted by Crippen LogP contribution is -2.64. The molecule has 406 valence electrons. The van der Waals surface area contributed by atoms with Gasteiger partial charge in [0.2, 0.25) is 0 Å². The highest BCUT2D eigenvalue weighted by molar-refractivity contribution is 7.47. The van der Waals surface area contributed by atoms with Crippen molar-refractivity contribution >= 4 is 13.8 Å². The fraction of sp³-hybridized carbons (Fsp3) is 0.772. The Kier molecular flexibility index (Phi) is 43.8. The third kappa shape index (κ3) is 37.5. The van der Waals surface area contributed by atoms with Crippen LogP contribution in [0.25, 0.3) is 0 Å². The van der Waals surface area contributed by atoms with Gasteiger partial charge in [-0.3, -0.25) is 13.8 Å². The summed E-state index contributed by atoms with van der Waals surface area (Å²) in [6.07, 6.45) is 49.6. The van der Waals surface area contributed by atoms with Crippen molar-refractivity contribution in [1.29, 1.82) is 0 Å². The zero-order valence-electron chi connectivity index (χ0n) is 43.8. The number of hydrogen-bond donors (Lipinski definition) is 6. The topological polar surface area (TPSA) is 192 Å². The van der Waals surface area contributed by atoms with Gasteiger partial charge in [0, 0.05) is 13.0 Å². The second-order valence-electron chi connectivity index (χ2n) is 19.0. The minimum Gasteiger partial charge on any atom is -0.457 e. The molecule has 1 rings (SSSR count). The third-order valence-electron chi connectivity index (χ3n) is 12.6. The van der Waals surface area contributed by atoms with E-state index < -0.39 is 63.1 Å². The average Bonchev–Trinajstić information content (AvgIpc) is 3.35. The number of carbonyl (C=O) groups excluding carboxylic acids is 1. The Morgan fingerprint density at radius 1 is 0.471 bits per heavy atom. The molecule has 0 aromatic carbocycles. The highest BCUT2D eigenvalue weighted by Gasteiger charge is 2.51. The molecular weight excluding hydrogens is 908 g/mol. The zero-order chi connectivity index (χ0) is 51.2. The van der Waals surface area contributed by atoms with Gasteiger partial charge in [0.15, 0.2) is 0 Å². The maximum Gasteiger partial charge on any atom is 0.472 e. The van der Waals surface area contributed by atoms with E-state index in [9.17, 15) is 39.8 Å². The molecule has 0 spiro atoms. The maximum atomic E-state index is 12.9. The summed E-state index contributed by atoms with van der Waals surface area (Å²) in [6, 6.07) is 0. The van der Waals surface area contributed by atoms with Gasteiger partial charge in [0.25, 0.3) is 0 Å². The van der Waals surface area contributed by atoms with Crippen LogP contribution in [0.4, 0.5) is 0 Å². The minimum atomic E-state index is -5.03. The highest BCUT2D eigenvalue weighted by atomic mass is 31.2. The van der Waals surface area contributed by atoms with Crippen LogP contribution in [0, 0.1) is 0 Å². The second kappa shape index (κ2) is 46.6. The fourth-order valence-electron chi connectivity index (χ4n) is 8.20. The van der Waals surface area contributed by atoms with Gasteiger partial charge in [-0.2, -0.15) is 0 Å². The predicted octanol–water partition coefficient (Wildman–Crippen LogP) is 13.1. The number of phosphoric acid groups is 1. The Labute approximate surface area is 425 Å². The van der Waals surface area contributed by atoms with Crippen LogP contribution in [0.5, 0.6) is 0 Å². The lowest BCUT2D eigenvalue weighted by molar-refractivity contribution is -0.220. The molecular formula is C57H101O12P. The number of esters is 1. The van der Waals surface area contributed by atoms with Gasteiger partial charge in [-0.15, -0.1) is 0 Å². The molecule has 1 aliphatic carbocycles. The number of carbonyl (C=O) groups is 1. The Balaban J connectivity index is 2.31. The Morgan fingerprint density at radius 3 is 1.29 bits per heavy atom. The van der Waals surface area contributed by atoms with E-state index in [4.69, 9.17) is 18.5 Å². The second-order valence-corrected chi connectivity index (χ2v) is 20.5. The molecule has 6 atom stereocenters. The standard InChI is InChI=1S/C57H101O12P/c1-3-5-7-9-11-13-15-17-19-21-23-24-25-26-27-29-31-33-35-37-39-41-43-45-47-66-48-50(49-67-70(64,65)69-57-55(62)53(60)52(59)54(61)56(57)63)68-51(58)46-44-42-40-38-36-34-32-30-28-22-20-18-16-14-12-10-8-6-4-2/h6,8,12,14-15,17-18,20-21,23,28,30,50,52-57,59-63H,3-5,7,9-11,13,16,19,22,24-27,29,31-49H2,1-2H3,(H,64,65)/b8-6-,14-12-,17-15-,20-18-,23-21-,30-28-. The Hall–Kier alpha value is -2.22. The Bertz CT molecular complexity index is 1430. The molecule has 6 N–H and O–H groups in total. The van der Waals surface area contributed by atoms with Gasteiger partial charge in [0.1, 0.15) is 42.7 Å². The van der Waals surface area contributed by atoms with E-state index in [0.717, 1.165) is 89.9 Å². The molecule has 1 saturated carbocycles. The van der Waals surface area contributed by atoms with Crippen LogP contribution >= 0.6 is 7.82 Å². The summed E-state index contributed by atoms with van der Waals surface area (Å²) in [6.45, 7) is 4.14. The lowest BCUT2D eigenvalue weighted by Gasteiger charge is -2.41. The summed E-state index contributed by atoms with van der Waals surface area (Å²) in [5, 5.41) is 50.4. The number of aliphatic hydroxyl groups is 5. The number of rotatable bonds is 47. The van der Waals surface area contributed by atoms with Crippen LogP contribution < -0.4 is 0 Å². The van der Waals surface area contributed by atoms with Crippen molar-refractivity contribution in [2.75, 3.05) is 19.8 Å². The van der Waals surface area contributed by atoms with E-state index in [1.807, 2.05) is 0 Å². The lowest BCUT2D eigenvalue weighted by atomic mass is 9.85. The van der Waals surface area contributed by atoms with E-state index in [-0.39, 0.29) is 13.0 Å². The SMILES string of the molecule is CC/C=C\C/C=C\C/C=C\C/C=C\CCCCCCCCC(=O)OC(COCCCCCCCCCCCCCC/C=C\C/C=C\CCCCCCC)COP(=O)(O)OC1C(O)C(O)C(O)C(O)C1O. The molecule has 0 bridgehead atoms. The highest BCUT2D eigenvalue weighted by Crippen LogP contribution is 2.47. The number of ether oxygens (including phenoxy) is 2. The summed E-state index contributed by atoms with van der Waals surface area (Å²) in [7, 11) is -5.03. The maximum absolute atomic E-state index is 12.9. The molecule has 13 heteroatoms. The van der Waals surface area contributed by atoms with Gasteiger partial charge >= 0.3 is 13.8 Å². The van der Waals surface area contributed by atoms with Crippen molar-refractivity contribution < 1.29 is 58.3 Å². The van der Waals surface area contributed by atoms with E-state index in [0.29, 0.717) is 13.0 Å². The van der Waals surface area contributed by atoms with Crippen LogP contribution in [0.3, 0.4) is 0 Å². The van der Waals surface area contributed by atoms with Crippen molar-refractivity contribution in [3.63, 3.8) is 0 Å². The van der Waals surface area contributed by atoms with E-state index in [2.05, 4.69) is 86.8 Å². The number of allylic oxidation sites excluding steroid dienone is 12. The van der Waals surface area contributed by atoms with Gasteiger partial charge in [-0.1, -0.05) is 202 Å². The Morgan fingerprint density at radius 2 is 0.843 bits per heavy atom. The molecule has 70 heavy (non-hydrogen) atoms. The van der Waals surface area contributed by atoms with Crippen LogP contribution in [0.1, 0.15) is 219 Å². The van der Waals surface area contributed by atoms with Crippen molar-refractivity contribution in [2.45, 2.75) is 262 Å². The van der Waals surface area contributed by atoms with Crippen molar-refractivity contribution in [2.24, 2.45) is 0 Å². The van der Waals surface area contributed by atoms with Gasteiger partial charge < -0.3 is 39.9 Å². The minimum absolute atomic E-state index is 0.0863. The molecule has 1 aliphatic rings. The van der Waals surface area contributed by atoms with Crippen LogP contribution in [0.2, 0.25) is 0 Å². The summed E-state index contributed by atoms with van der Waals surface area (Å²) >= 11 is 0. The number of unbranched alkanes of at least 4 members (excludes halogenated alkanes) is 23.